The monoisotopic (exact) mass is 1270 g/mol. The standard InChI is InChI=1S/C22H18F3NO4S.C22H21NO4S.C21H18N2O6S/c23-22(24,25)18-5-2-6-20(14-18)31(29,30)26-19-11-9-15(10-12-19)7-8-16-3-1-4-17(13-16)21(27)28;1-16-5-13-21(14-6-16)28(26,27)23-20-11-9-17(10-12-20)7-8-18-3-2-4-19(15-18)22(24)25;24-21(25)17-5-3-4-16(14-17)9-8-15-10-12-18(13-11-15)22-30(28,29)20-7-2-1-6-19(20)23(26)27/h1-6,9-14,26H,7-8H2,(H,27,28);2-6,9-15,23H,7-8H2,1H3,(H,24,25);1-7,10-14,22H,8-9H2,(H,24,25). The van der Waals surface area contributed by atoms with Crippen molar-refractivity contribution in [3.8, 4) is 0 Å². The Kier molecular flexibility index (Phi) is 22.0. The highest BCUT2D eigenvalue weighted by Gasteiger charge is 2.32. The first-order valence-corrected chi connectivity index (χ1v) is 31.4. The zero-order valence-electron chi connectivity index (χ0n) is 47.2. The first-order chi connectivity index (χ1) is 42.1. The number of nitrogens with one attached hydrogen (secondary N) is 3. The highest BCUT2D eigenvalue weighted by atomic mass is 32.2. The molecule has 0 aliphatic rings. The van der Waals surface area contributed by atoms with Crippen LogP contribution in [-0.2, 0) is 74.8 Å². The third-order valence-corrected chi connectivity index (χ3v) is 17.6. The molecule has 0 atom stereocenters. The number of benzene rings is 9. The second kappa shape index (κ2) is 29.5. The van der Waals surface area contributed by atoms with Crippen molar-refractivity contribution >= 4 is 70.7 Å². The average molecular weight is 1270 g/mol. The number of carbonyl (C=O) groups is 3. The normalized spacial score (nSPS) is 11.4. The van der Waals surface area contributed by atoms with E-state index in [4.69, 9.17) is 15.3 Å². The molecule has 0 aromatic heterocycles. The molecular weight excluding hydrogens is 1210 g/mol. The summed E-state index contributed by atoms with van der Waals surface area (Å²) in [5.41, 5.74) is 6.72. The molecule has 0 unspecified atom stereocenters. The number of para-hydroxylation sites is 1. The number of sulfonamides is 3. The summed E-state index contributed by atoms with van der Waals surface area (Å²) in [6.07, 6.45) is -0.746. The lowest BCUT2D eigenvalue weighted by atomic mass is 10.0. The second-order valence-electron chi connectivity index (χ2n) is 20.0. The molecule has 0 heterocycles. The summed E-state index contributed by atoms with van der Waals surface area (Å²) >= 11 is 0. The molecule has 0 fully saturated rings. The predicted molar refractivity (Wildman–Crippen MR) is 330 cm³/mol. The molecule has 460 valence electrons. The molecule has 0 saturated heterocycles. The van der Waals surface area contributed by atoms with E-state index in [1.165, 1.54) is 42.5 Å². The van der Waals surface area contributed by atoms with Crippen molar-refractivity contribution in [1.82, 2.24) is 0 Å². The number of carboxylic acids is 3. The minimum Gasteiger partial charge on any atom is -0.478 e. The van der Waals surface area contributed by atoms with Gasteiger partial charge in [0.25, 0.3) is 35.8 Å². The van der Waals surface area contributed by atoms with Crippen LogP contribution in [0.4, 0.5) is 35.9 Å². The maximum atomic E-state index is 12.8. The van der Waals surface area contributed by atoms with Gasteiger partial charge in [0.2, 0.25) is 0 Å². The number of carboxylic acid groups (broad SMARTS) is 3. The van der Waals surface area contributed by atoms with Gasteiger partial charge in [0.05, 0.1) is 37.0 Å². The number of aryl methyl sites for hydroxylation is 7. The van der Waals surface area contributed by atoms with Crippen molar-refractivity contribution in [1.29, 1.82) is 0 Å². The van der Waals surface area contributed by atoms with Gasteiger partial charge in [-0.1, -0.05) is 109 Å². The van der Waals surface area contributed by atoms with E-state index in [1.807, 2.05) is 37.3 Å². The Hall–Kier alpha value is -10.2. The van der Waals surface area contributed by atoms with Crippen molar-refractivity contribution in [2.24, 2.45) is 0 Å². The number of nitro groups is 1. The van der Waals surface area contributed by atoms with Crippen LogP contribution in [0.2, 0.25) is 0 Å². The van der Waals surface area contributed by atoms with Crippen molar-refractivity contribution < 1.29 is 73.1 Å². The highest BCUT2D eigenvalue weighted by Crippen LogP contribution is 2.31. The number of hydrogen-bond acceptors (Lipinski definition) is 11. The largest absolute Gasteiger partial charge is 0.478 e. The molecule has 0 aliphatic heterocycles. The molecule has 9 aromatic carbocycles. The SMILES string of the molecule is Cc1ccc(S(=O)(=O)Nc2ccc(CCc3cccc(C(=O)O)c3)cc2)cc1.O=C(O)c1cccc(CCc2ccc(NS(=O)(=O)c3cccc(C(F)(F)F)c3)cc2)c1.O=C(O)c1cccc(CCc2ccc(NS(=O)(=O)c3ccccc3[N+](=O)[O-])cc2)c1. The maximum absolute atomic E-state index is 12.8. The van der Waals surface area contributed by atoms with E-state index in [0.29, 0.717) is 43.9 Å². The van der Waals surface area contributed by atoms with E-state index in [1.54, 1.807) is 115 Å². The molecule has 0 spiro atoms. The van der Waals surface area contributed by atoms with Crippen LogP contribution in [0.5, 0.6) is 0 Å². The highest BCUT2D eigenvalue weighted by molar-refractivity contribution is 7.93. The molecule has 6 N–H and O–H groups in total. The molecule has 9 rings (SSSR count). The number of anilines is 3. The fourth-order valence-electron chi connectivity index (χ4n) is 8.69. The number of aromatic carboxylic acids is 3. The Labute approximate surface area is 511 Å². The van der Waals surface area contributed by atoms with Crippen LogP contribution in [0.25, 0.3) is 0 Å². The lowest BCUT2D eigenvalue weighted by molar-refractivity contribution is -0.387. The van der Waals surface area contributed by atoms with E-state index in [9.17, 15) is 62.9 Å². The summed E-state index contributed by atoms with van der Waals surface area (Å²) in [6.45, 7) is 1.90. The van der Waals surface area contributed by atoms with Gasteiger partial charge in [0.15, 0.2) is 4.90 Å². The molecule has 0 aliphatic carbocycles. The first kappa shape index (κ1) is 66.4. The van der Waals surface area contributed by atoms with Crippen LogP contribution in [0.1, 0.15) is 75.6 Å². The minimum absolute atomic E-state index is 0.205. The summed E-state index contributed by atoms with van der Waals surface area (Å²) < 4.78 is 121. The fourth-order valence-corrected chi connectivity index (χ4v) is 12.1. The number of rotatable bonds is 22. The summed E-state index contributed by atoms with van der Waals surface area (Å²) in [6, 6.07) is 55.8. The number of halogens is 3. The van der Waals surface area contributed by atoms with E-state index in [0.717, 1.165) is 69.6 Å². The van der Waals surface area contributed by atoms with E-state index < -0.39 is 80.1 Å². The molecule has 0 amide bonds. The van der Waals surface area contributed by atoms with Crippen LogP contribution in [0.3, 0.4) is 0 Å². The maximum Gasteiger partial charge on any atom is 0.416 e. The molecular formula is C65H57F3N4O14S3. The summed E-state index contributed by atoms with van der Waals surface area (Å²) in [5, 5.41) is 38.2. The summed E-state index contributed by atoms with van der Waals surface area (Å²) in [7, 11) is -11.9. The quantitative estimate of drug-likeness (QED) is 0.0272. The summed E-state index contributed by atoms with van der Waals surface area (Å²) in [5.74, 6) is -2.92. The van der Waals surface area contributed by atoms with E-state index in [2.05, 4.69) is 14.2 Å². The van der Waals surface area contributed by atoms with Crippen LogP contribution >= 0.6 is 0 Å². The molecule has 0 radical (unpaired) electrons. The summed E-state index contributed by atoms with van der Waals surface area (Å²) in [4.78, 5) is 42.8. The van der Waals surface area contributed by atoms with Gasteiger partial charge in [-0.3, -0.25) is 24.3 Å². The average Bonchev–Trinajstić information content (AvgIpc) is 1.86. The number of alkyl halides is 3. The Morgan fingerprint density at radius 1 is 0.416 bits per heavy atom. The topological polar surface area (TPSA) is 294 Å². The van der Waals surface area contributed by atoms with Crippen molar-refractivity contribution in [2.45, 2.75) is 66.3 Å². The van der Waals surface area contributed by atoms with Gasteiger partial charge in [0.1, 0.15) is 0 Å². The Balaban J connectivity index is 0.000000190. The van der Waals surface area contributed by atoms with Gasteiger partial charge in [-0.05, 0) is 188 Å². The van der Waals surface area contributed by atoms with Gasteiger partial charge in [-0.15, -0.1) is 0 Å². The Morgan fingerprint density at radius 2 is 0.764 bits per heavy atom. The number of hydrogen-bond donors (Lipinski definition) is 6. The minimum atomic E-state index is -4.64. The van der Waals surface area contributed by atoms with E-state index in [-0.39, 0.29) is 33.0 Å². The van der Waals surface area contributed by atoms with Crippen LogP contribution in [0, 0.1) is 17.0 Å². The molecule has 24 heteroatoms. The zero-order chi connectivity index (χ0) is 64.5. The molecule has 0 saturated carbocycles. The predicted octanol–water partition coefficient (Wildman–Crippen LogP) is 13.1. The van der Waals surface area contributed by atoms with Gasteiger partial charge < -0.3 is 15.3 Å². The van der Waals surface area contributed by atoms with Crippen molar-refractivity contribution in [2.75, 3.05) is 14.2 Å². The number of nitrogens with zero attached hydrogens (tertiary/aromatic N) is 1. The molecule has 9 aromatic rings. The molecule has 18 nitrogen and oxygen atoms in total. The van der Waals surface area contributed by atoms with E-state index >= 15 is 0 Å². The first-order valence-electron chi connectivity index (χ1n) is 26.9. The van der Waals surface area contributed by atoms with Crippen molar-refractivity contribution in [3.63, 3.8) is 0 Å². The third kappa shape index (κ3) is 19.7. The van der Waals surface area contributed by atoms with Crippen LogP contribution < -0.4 is 14.2 Å². The molecule has 89 heavy (non-hydrogen) atoms. The fraction of sp³-hybridized carbons (Fsp3) is 0.123. The third-order valence-electron chi connectivity index (χ3n) is 13.4. The zero-order valence-corrected chi connectivity index (χ0v) is 49.6. The smallest absolute Gasteiger partial charge is 0.416 e. The van der Waals surface area contributed by atoms with Crippen molar-refractivity contribution in [3.05, 3.63) is 290 Å². The van der Waals surface area contributed by atoms with Crippen LogP contribution in [-0.4, -0.2) is 63.4 Å². The lowest BCUT2D eigenvalue weighted by Crippen LogP contribution is -2.14. The van der Waals surface area contributed by atoms with Gasteiger partial charge in [0, 0.05) is 23.1 Å². The number of nitro benzene ring substituents is 1. The van der Waals surface area contributed by atoms with Gasteiger partial charge in [-0.2, -0.15) is 13.2 Å². The molecule has 0 bridgehead atoms. The Bertz CT molecular complexity index is 4340. The van der Waals surface area contributed by atoms with Crippen LogP contribution in [0.15, 0.2) is 233 Å². The van der Waals surface area contributed by atoms with Gasteiger partial charge in [-0.25, -0.2) is 39.6 Å². The second-order valence-corrected chi connectivity index (χ2v) is 25.0. The Morgan fingerprint density at radius 3 is 1.13 bits per heavy atom. The van der Waals surface area contributed by atoms with Gasteiger partial charge >= 0.3 is 24.1 Å². The lowest BCUT2D eigenvalue weighted by Gasteiger charge is -2.11.